The van der Waals surface area contributed by atoms with Crippen LogP contribution in [0.25, 0.3) is 0 Å². The van der Waals surface area contributed by atoms with E-state index in [2.05, 4.69) is 30.4 Å². The Kier molecular flexibility index (Phi) is 2.95. The third-order valence-electron chi connectivity index (χ3n) is 4.47. The summed E-state index contributed by atoms with van der Waals surface area (Å²) in [5, 5.41) is 10.3. The molecule has 3 atom stereocenters. The van der Waals surface area contributed by atoms with E-state index in [4.69, 9.17) is 4.74 Å². The van der Waals surface area contributed by atoms with Gasteiger partial charge in [0.2, 0.25) is 0 Å². The van der Waals surface area contributed by atoms with Gasteiger partial charge in [-0.05, 0) is 26.2 Å². The van der Waals surface area contributed by atoms with Gasteiger partial charge in [0, 0.05) is 11.3 Å². The second-order valence-electron chi connectivity index (χ2n) is 5.97. The van der Waals surface area contributed by atoms with Gasteiger partial charge in [-0.2, -0.15) is 0 Å². The molecule has 100 valence electrons. The molecule has 0 aromatic heterocycles. The number of rotatable bonds is 1. The van der Waals surface area contributed by atoms with Crippen LogP contribution in [-0.4, -0.2) is 35.5 Å². The maximum Gasteiger partial charge on any atom is 0.384 e. The van der Waals surface area contributed by atoms with Gasteiger partial charge in [-0.25, -0.2) is 4.79 Å². The molecule has 1 saturated carbocycles. The second-order valence-corrected chi connectivity index (χ2v) is 5.97. The Morgan fingerprint density at radius 1 is 1.39 bits per heavy atom. The zero-order valence-corrected chi connectivity index (χ0v) is 11.4. The number of aliphatic hydroxyl groups is 1. The van der Waals surface area contributed by atoms with Crippen molar-refractivity contribution < 1.29 is 19.4 Å². The van der Waals surface area contributed by atoms with Crippen molar-refractivity contribution in [2.24, 2.45) is 5.41 Å². The summed E-state index contributed by atoms with van der Waals surface area (Å²) >= 11 is 0. The minimum Gasteiger partial charge on any atom is -0.459 e. The smallest absolute Gasteiger partial charge is 0.384 e. The molecule has 2 rings (SSSR count). The number of fused-ring (bicyclic) bond motifs is 1. The fourth-order valence-corrected chi connectivity index (χ4v) is 3.47. The van der Waals surface area contributed by atoms with Crippen LogP contribution >= 0.6 is 0 Å². The van der Waals surface area contributed by atoms with Crippen molar-refractivity contribution in [2.45, 2.75) is 57.3 Å². The molecule has 4 heteroatoms. The molecule has 0 aromatic rings. The van der Waals surface area contributed by atoms with E-state index >= 15 is 0 Å². The lowest BCUT2D eigenvalue weighted by molar-refractivity contribution is -0.133. The fraction of sp³-hybridized carbons (Fsp3) is 0.786. The Labute approximate surface area is 108 Å². The summed E-state index contributed by atoms with van der Waals surface area (Å²) in [5.41, 5.74) is -1.12. The largest absolute Gasteiger partial charge is 0.459 e. The van der Waals surface area contributed by atoms with Gasteiger partial charge in [-0.1, -0.05) is 19.8 Å². The Morgan fingerprint density at radius 2 is 2.06 bits per heavy atom. The number of epoxide rings is 1. The molecular formula is C14H20O4. The maximum atomic E-state index is 11.0. The topological polar surface area (TPSA) is 59.1 Å². The standard InChI is InChI=1S/C14H20O4/c1-12(2)8-5-9-13(3)14(12,18-13)10(15)6-7-11(16)17-4/h10,15H,5,8-9H2,1-4H3/t10-,13+,14-/m1/s1. The maximum absolute atomic E-state index is 11.0. The predicted octanol–water partition coefficient (Wildman–Crippen LogP) is 1.26. The zero-order valence-electron chi connectivity index (χ0n) is 11.4. The highest BCUT2D eigenvalue weighted by Crippen LogP contribution is 2.66. The number of carbonyl (C=O) groups excluding carboxylic acids is 1. The molecule has 0 amide bonds. The van der Waals surface area contributed by atoms with Gasteiger partial charge < -0.3 is 14.6 Å². The van der Waals surface area contributed by atoms with Gasteiger partial charge in [-0.15, -0.1) is 0 Å². The summed E-state index contributed by atoms with van der Waals surface area (Å²) in [6, 6.07) is 0. The van der Waals surface area contributed by atoms with Gasteiger partial charge in [0.15, 0.2) is 0 Å². The summed E-state index contributed by atoms with van der Waals surface area (Å²) in [5.74, 6) is 4.23. The van der Waals surface area contributed by atoms with E-state index in [1.807, 2.05) is 6.92 Å². The number of hydrogen-bond acceptors (Lipinski definition) is 4. The van der Waals surface area contributed by atoms with Crippen molar-refractivity contribution in [1.29, 1.82) is 0 Å². The second kappa shape index (κ2) is 3.97. The molecule has 0 radical (unpaired) electrons. The molecule has 1 aliphatic heterocycles. The average molecular weight is 252 g/mol. The van der Waals surface area contributed by atoms with Crippen LogP contribution in [0.3, 0.4) is 0 Å². The fourth-order valence-electron chi connectivity index (χ4n) is 3.47. The molecule has 2 fully saturated rings. The highest BCUT2D eigenvalue weighted by atomic mass is 16.6. The number of aliphatic hydroxyl groups excluding tert-OH is 1. The van der Waals surface area contributed by atoms with Crippen LogP contribution in [-0.2, 0) is 14.3 Å². The first-order valence-corrected chi connectivity index (χ1v) is 6.27. The number of ether oxygens (including phenoxy) is 2. The molecule has 4 nitrogen and oxygen atoms in total. The van der Waals surface area contributed by atoms with E-state index in [1.165, 1.54) is 7.11 Å². The predicted molar refractivity (Wildman–Crippen MR) is 65.7 cm³/mol. The SMILES string of the molecule is COC(=O)C#C[C@@H](O)[C@]12O[C@@]1(C)CCCC2(C)C. The lowest BCUT2D eigenvalue weighted by Gasteiger charge is -2.39. The van der Waals surface area contributed by atoms with Crippen molar-refractivity contribution in [3.05, 3.63) is 0 Å². The normalized spacial score (nSPS) is 37.8. The van der Waals surface area contributed by atoms with Crippen molar-refractivity contribution in [3.8, 4) is 11.8 Å². The van der Waals surface area contributed by atoms with Gasteiger partial charge in [0.1, 0.15) is 11.7 Å². The summed E-state index contributed by atoms with van der Waals surface area (Å²) in [6.45, 7) is 6.18. The van der Waals surface area contributed by atoms with Crippen LogP contribution in [0.4, 0.5) is 0 Å². The Bertz CT molecular complexity index is 431. The lowest BCUT2D eigenvalue weighted by atomic mass is 9.62. The third-order valence-corrected chi connectivity index (χ3v) is 4.47. The van der Waals surface area contributed by atoms with E-state index in [1.54, 1.807) is 0 Å². The van der Waals surface area contributed by atoms with Gasteiger partial charge >= 0.3 is 5.97 Å². The minimum atomic E-state index is -0.961. The van der Waals surface area contributed by atoms with Crippen molar-refractivity contribution in [1.82, 2.24) is 0 Å². The van der Waals surface area contributed by atoms with E-state index in [9.17, 15) is 9.90 Å². The molecule has 0 spiro atoms. The first-order valence-electron chi connectivity index (χ1n) is 6.27. The summed E-state index contributed by atoms with van der Waals surface area (Å²) < 4.78 is 10.3. The van der Waals surface area contributed by atoms with Crippen molar-refractivity contribution >= 4 is 5.97 Å². The summed E-state index contributed by atoms with van der Waals surface area (Å²) in [6.07, 6.45) is 2.03. The molecule has 1 saturated heterocycles. The molecule has 0 unspecified atom stereocenters. The van der Waals surface area contributed by atoms with Crippen LogP contribution in [0.2, 0.25) is 0 Å². The highest BCUT2D eigenvalue weighted by molar-refractivity contribution is 5.88. The first kappa shape index (κ1) is 13.4. The monoisotopic (exact) mass is 252 g/mol. The molecule has 2 aliphatic rings. The Morgan fingerprint density at radius 3 is 2.61 bits per heavy atom. The van der Waals surface area contributed by atoms with Crippen molar-refractivity contribution in [2.75, 3.05) is 7.11 Å². The van der Waals surface area contributed by atoms with Crippen LogP contribution in [0.15, 0.2) is 0 Å². The minimum absolute atomic E-state index is 0.149. The van der Waals surface area contributed by atoms with E-state index in [0.29, 0.717) is 0 Å². The van der Waals surface area contributed by atoms with E-state index < -0.39 is 17.7 Å². The molecule has 1 heterocycles. The van der Waals surface area contributed by atoms with Crippen LogP contribution in [0.1, 0.15) is 40.0 Å². The number of carbonyl (C=O) groups is 1. The number of methoxy groups -OCH3 is 1. The average Bonchev–Trinajstić information content (AvgIpc) is 2.94. The number of hydrogen-bond donors (Lipinski definition) is 1. The van der Waals surface area contributed by atoms with Gasteiger partial charge in [0.25, 0.3) is 0 Å². The van der Waals surface area contributed by atoms with E-state index in [0.717, 1.165) is 19.3 Å². The highest BCUT2D eigenvalue weighted by Gasteiger charge is 2.77. The zero-order chi connectivity index (χ0) is 13.6. The van der Waals surface area contributed by atoms with E-state index in [-0.39, 0.29) is 11.0 Å². The number of esters is 1. The van der Waals surface area contributed by atoms with Gasteiger partial charge in [-0.3, -0.25) is 0 Å². The molecular weight excluding hydrogens is 232 g/mol. The molecule has 0 bridgehead atoms. The quantitative estimate of drug-likeness (QED) is 0.330. The Balaban J connectivity index is 2.25. The van der Waals surface area contributed by atoms with Crippen LogP contribution < -0.4 is 0 Å². The first-order chi connectivity index (χ1) is 8.29. The van der Waals surface area contributed by atoms with Crippen LogP contribution in [0, 0.1) is 17.3 Å². The third kappa shape index (κ3) is 1.65. The lowest BCUT2D eigenvalue weighted by Crippen LogP contribution is -2.50. The molecule has 0 aromatic carbocycles. The van der Waals surface area contributed by atoms with Crippen molar-refractivity contribution in [3.63, 3.8) is 0 Å². The van der Waals surface area contributed by atoms with Crippen LogP contribution in [0.5, 0.6) is 0 Å². The summed E-state index contributed by atoms with van der Waals surface area (Å²) in [4.78, 5) is 11.0. The molecule has 1 aliphatic carbocycles. The summed E-state index contributed by atoms with van der Waals surface area (Å²) in [7, 11) is 1.27. The molecule has 18 heavy (non-hydrogen) atoms. The van der Waals surface area contributed by atoms with Gasteiger partial charge in [0.05, 0.1) is 12.7 Å². The Hall–Kier alpha value is -1.05. The molecule has 1 N–H and O–H groups in total.